The van der Waals surface area contributed by atoms with E-state index in [0.717, 1.165) is 18.4 Å². The molecule has 5 heteroatoms. The van der Waals surface area contributed by atoms with Crippen molar-refractivity contribution in [3.05, 3.63) is 30.1 Å². The van der Waals surface area contributed by atoms with Crippen molar-refractivity contribution in [2.24, 2.45) is 0 Å². The summed E-state index contributed by atoms with van der Waals surface area (Å²) in [6, 6.07) is 4.28. The standard InChI is InChI=1S/C14H21N3O2/c1-11(10-19-2)16-14(18)17(13-3-4-13)9-12-5-7-15-8-6-12/h5-8,11,13H,3-4,9-10H2,1-2H3,(H,16,18)/t11-/m0/s1. The van der Waals surface area contributed by atoms with E-state index in [4.69, 9.17) is 4.74 Å². The Balaban J connectivity index is 1.94. The van der Waals surface area contributed by atoms with E-state index < -0.39 is 0 Å². The largest absolute Gasteiger partial charge is 0.383 e. The van der Waals surface area contributed by atoms with Crippen LogP contribution in [0.5, 0.6) is 0 Å². The molecule has 1 atom stereocenters. The molecule has 1 aliphatic carbocycles. The monoisotopic (exact) mass is 263 g/mol. The molecule has 0 aromatic carbocycles. The normalized spacial score (nSPS) is 15.9. The summed E-state index contributed by atoms with van der Waals surface area (Å²) in [6.07, 6.45) is 5.70. The third kappa shape index (κ3) is 4.21. The van der Waals surface area contributed by atoms with E-state index in [1.807, 2.05) is 24.0 Å². The number of hydrogen-bond donors (Lipinski definition) is 1. The topological polar surface area (TPSA) is 54.5 Å². The third-order valence-electron chi connectivity index (χ3n) is 3.14. The van der Waals surface area contributed by atoms with Crippen LogP contribution in [0, 0.1) is 0 Å². The van der Waals surface area contributed by atoms with Gasteiger partial charge in [0, 0.05) is 32.1 Å². The Morgan fingerprint density at radius 2 is 2.21 bits per heavy atom. The van der Waals surface area contributed by atoms with Gasteiger partial charge in [-0.3, -0.25) is 4.98 Å². The van der Waals surface area contributed by atoms with Crippen LogP contribution in [-0.2, 0) is 11.3 Å². The molecule has 19 heavy (non-hydrogen) atoms. The highest BCUT2D eigenvalue weighted by Gasteiger charge is 2.32. The van der Waals surface area contributed by atoms with E-state index in [1.165, 1.54) is 0 Å². The zero-order chi connectivity index (χ0) is 13.7. The Labute approximate surface area is 114 Å². The number of aromatic nitrogens is 1. The first-order chi connectivity index (χ1) is 9.20. The minimum atomic E-state index is -0.0103. The van der Waals surface area contributed by atoms with Crippen LogP contribution < -0.4 is 5.32 Å². The molecule has 0 radical (unpaired) electrons. The Kier molecular flexibility index (Phi) is 4.74. The summed E-state index contributed by atoms with van der Waals surface area (Å²) >= 11 is 0. The van der Waals surface area contributed by atoms with E-state index >= 15 is 0 Å². The van der Waals surface area contributed by atoms with Crippen molar-refractivity contribution in [2.45, 2.75) is 38.4 Å². The second-order valence-corrected chi connectivity index (χ2v) is 5.02. The van der Waals surface area contributed by atoms with Crippen LogP contribution in [0.25, 0.3) is 0 Å². The number of hydrogen-bond acceptors (Lipinski definition) is 3. The number of methoxy groups -OCH3 is 1. The quantitative estimate of drug-likeness (QED) is 0.851. The van der Waals surface area contributed by atoms with Gasteiger partial charge in [-0.2, -0.15) is 0 Å². The summed E-state index contributed by atoms with van der Waals surface area (Å²) in [5, 5.41) is 2.97. The average molecular weight is 263 g/mol. The molecular weight excluding hydrogens is 242 g/mol. The first-order valence-electron chi connectivity index (χ1n) is 6.65. The number of amides is 2. The van der Waals surface area contributed by atoms with Crippen molar-refractivity contribution >= 4 is 6.03 Å². The molecule has 1 aromatic rings. The Hall–Kier alpha value is -1.62. The highest BCUT2D eigenvalue weighted by Crippen LogP contribution is 2.28. The van der Waals surface area contributed by atoms with E-state index in [9.17, 15) is 4.79 Å². The minimum Gasteiger partial charge on any atom is -0.383 e. The molecule has 1 heterocycles. The van der Waals surface area contributed by atoms with E-state index in [1.54, 1.807) is 19.5 Å². The predicted octanol–water partition coefficient (Wildman–Crippen LogP) is 1.79. The number of nitrogens with zero attached hydrogens (tertiary/aromatic N) is 2. The number of urea groups is 1. The van der Waals surface area contributed by atoms with Crippen molar-refractivity contribution in [3.63, 3.8) is 0 Å². The fourth-order valence-corrected chi connectivity index (χ4v) is 2.02. The van der Waals surface area contributed by atoms with E-state index in [2.05, 4.69) is 10.3 Å². The van der Waals surface area contributed by atoms with Gasteiger partial charge in [-0.05, 0) is 37.5 Å². The van der Waals surface area contributed by atoms with Gasteiger partial charge in [0.15, 0.2) is 0 Å². The van der Waals surface area contributed by atoms with E-state index in [0.29, 0.717) is 19.2 Å². The van der Waals surface area contributed by atoms with Gasteiger partial charge in [-0.15, -0.1) is 0 Å². The van der Waals surface area contributed by atoms with Crippen molar-refractivity contribution in [2.75, 3.05) is 13.7 Å². The number of carbonyl (C=O) groups is 1. The maximum absolute atomic E-state index is 12.3. The summed E-state index contributed by atoms with van der Waals surface area (Å²) < 4.78 is 5.04. The SMILES string of the molecule is COC[C@H](C)NC(=O)N(Cc1ccncc1)C1CC1. The van der Waals surface area contributed by atoms with Crippen molar-refractivity contribution < 1.29 is 9.53 Å². The Morgan fingerprint density at radius 1 is 1.53 bits per heavy atom. The van der Waals surface area contributed by atoms with Crippen LogP contribution in [0.3, 0.4) is 0 Å². The molecule has 0 saturated heterocycles. The van der Waals surface area contributed by atoms with Crippen LogP contribution in [-0.4, -0.2) is 41.7 Å². The van der Waals surface area contributed by atoms with Gasteiger partial charge < -0.3 is 15.0 Å². The Bertz CT molecular complexity index is 406. The van der Waals surface area contributed by atoms with Gasteiger partial charge in [-0.1, -0.05) is 0 Å². The van der Waals surface area contributed by atoms with Crippen molar-refractivity contribution in [1.29, 1.82) is 0 Å². The summed E-state index contributed by atoms with van der Waals surface area (Å²) in [7, 11) is 1.64. The molecule has 0 bridgehead atoms. The van der Waals surface area contributed by atoms with E-state index in [-0.39, 0.29) is 12.1 Å². The molecule has 0 spiro atoms. The highest BCUT2D eigenvalue weighted by atomic mass is 16.5. The molecule has 1 saturated carbocycles. The summed E-state index contributed by atoms with van der Waals surface area (Å²) in [5.74, 6) is 0. The smallest absolute Gasteiger partial charge is 0.318 e. The Morgan fingerprint density at radius 3 is 2.79 bits per heavy atom. The van der Waals surface area contributed by atoms with Crippen LogP contribution in [0.15, 0.2) is 24.5 Å². The van der Waals surface area contributed by atoms with Gasteiger partial charge >= 0.3 is 6.03 Å². The number of carbonyl (C=O) groups excluding carboxylic acids is 1. The number of rotatable bonds is 6. The summed E-state index contributed by atoms with van der Waals surface area (Å²) in [4.78, 5) is 18.2. The molecule has 5 nitrogen and oxygen atoms in total. The molecule has 1 N–H and O–H groups in total. The fourth-order valence-electron chi connectivity index (χ4n) is 2.02. The first kappa shape index (κ1) is 13.8. The maximum atomic E-state index is 12.3. The predicted molar refractivity (Wildman–Crippen MR) is 72.7 cm³/mol. The first-order valence-corrected chi connectivity index (χ1v) is 6.65. The van der Waals surface area contributed by atoms with Crippen molar-refractivity contribution in [1.82, 2.24) is 15.2 Å². The minimum absolute atomic E-state index is 0.0103. The average Bonchev–Trinajstić information content (AvgIpc) is 3.21. The molecule has 104 valence electrons. The molecule has 0 aliphatic heterocycles. The molecule has 0 unspecified atom stereocenters. The molecule has 2 rings (SSSR count). The maximum Gasteiger partial charge on any atom is 0.318 e. The lowest BCUT2D eigenvalue weighted by atomic mass is 10.2. The number of ether oxygens (including phenoxy) is 1. The van der Waals surface area contributed by atoms with Crippen LogP contribution >= 0.6 is 0 Å². The molecular formula is C14H21N3O2. The van der Waals surface area contributed by atoms with Crippen LogP contribution in [0.4, 0.5) is 4.79 Å². The molecule has 1 aromatic heterocycles. The zero-order valence-corrected chi connectivity index (χ0v) is 11.5. The number of pyridine rings is 1. The summed E-state index contributed by atoms with van der Waals surface area (Å²) in [5.41, 5.74) is 1.11. The summed E-state index contributed by atoms with van der Waals surface area (Å²) in [6.45, 7) is 3.11. The van der Waals surface area contributed by atoms with Crippen LogP contribution in [0.2, 0.25) is 0 Å². The lowest BCUT2D eigenvalue weighted by molar-refractivity contribution is 0.156. The lowest BCUT2D eigenvalue weighted by Crippen LogP contribution is -2.45. The van der Waals surface area contributed by atoms with Gasteiger partial charge in [0.05, 0.1) is 12.6 Å². The fraction of sp³-hybridized carbons (Fsp3) is 0.571. The molecule has 1 fully saturated rings. The highest BCUT2D eigenvalue weighted by molar-refractivity contribution is 5.75. The second-order valence-electron chi connectivity index (χ2n) is 5.02. The van der Waals surface area contributed by atoms with Gasteiger partial charge in [0.2, 0.25) is 0 Å². The molecule has 1 aliphatic rings. The van der Waals surface area contributed by atoms with Crippen molar-refractivity contribution in [3.8, 4) is 0 Å². The van der Waals surface area contributed by atoms with Gasteiger partial charge in [-0.25, -0.2) is 4.79 Å². The number of nitrogens with one attached hydrogen (secondary N) is 1. The zero-order valence-electron chi connectivity index (χ0n) is 11.5. The molecule has 2 amide bonds. The van der Waals surface area contributed by atoms with Crippen LogP contribution in [0.1, 0.15) is 25.3 Å². The lowest BCUT2D eigenvalue weighted by Gasteiger charge is -2.25. The second kappa shape index (κ2) is 6.52. The third-order valence-corrected chi connectivity index (χ3v) is 3.14. The van der Waals surface area contributed by atoms with Gasteiger partial charge in [0.1, 0.15) is 0 Å². The van der Waals surface area contributed by atoms with Gasteiger partial charge in [0.25, 0.3) is 0 Å².